The molecule has 2 aromatic rings. The third-order valence-electron chi connectivity index (χ3n) is 2.41. The van der Waals surface area contributed by atoms with Crippen molar-refractivity contribution >= 4 is 28.6 Å². The number of anilines is 1. The van der Waals surface area contributed by atoms with Crippen LogP contribution in [0.5, 0.6) is 0 Å². The van der Waals surface area contributed by atoms with Crippen LogP contribution in [0.2, 0.25) is 5.02 Å². The van der Waals surface area contributed by atoms with Crippen LogP contribution in [0.4, 0.5) is 5.69 Å². The lowest BCUT2D eigenvalue weighted by atomic mass is 10.4. The van der Waals surface area contributed by atoms with Crippen LogP contribution in [0.25, 0.3) is 0 Å². The summed E-state index contributed by atoms with van der Waals surface area (Å²) in [5, 5.41) is 5.95. The second kappa shape index (κ2) is 5.38. The van der Waals surface area contributed by atoms with Gasteiger partial charge in [0.1, 0.15) is 0 Å². The summed E-state index contributed by atoms with van der Waals surface area (Å²) in [6, 6.07) is 5.31. The molecule has 0 unspecified atom stereocenters. The van der Waals surface area contributed by atoms with Crippen LogP contribution in [-0.2, 0) is 13.1 Å². The Morgan fingerprint density at radius 2 is 2.29 bits per heavy atom. The lowest BCUT2D eigenvalue weighted by Crippen LogP contribution is -2.17. The van der Waals surface area contributed by atoms with E-state index in [0.29, 0.717) is 6.54 Å². The first kappa shape index (κ1) is 12.2. The second-order valence-corrected chi connectivity index (χ2v) is 5.06. The summed E-state index contributed by atoms with van der Waals surface area (Å²) in [6.45, 7) is 3.35. The minimum Gasteiger partial charge on any atom is -0.379 e. The first-order valence-corrected chi connectivity index (χ1v) is 6.62. The molecule has 0 aliphatic rings. The molecule has 0 atom stereocenters. The Balaban J connectivity index is 2.06. The van der Waals surface area contributed by atoms with Crippen LogP contribution in [0.1, 0.15) is 11.8 Å². The Morgan fingerprint density at radius 3 is 2.94 bits per heavy atom. The number of rotatable bonds is 4. The van der Waals surface area contributed by atoms with Crippen LogP contribution < -0.4 is 10.9 Å². The van der Waals surface area contributed by atoms with Gasteiger partial charge >= 0.3 is 0 Å². The Labute approximate surface area is 109 Å². The van der Waals surface area contributed by atoms with E-state index in [-0.39, 0.29) is 5.56 Å². The molecule has 0 saturated heterocycles. The minimum atomic E-state index is 0.0252. The molecule has 3 nitrogen and oxygen atoms in total. The van der Waals surface area contributed by atoms with Crippen molar-refractivity contribution in [3.63, 3.8) is 0 Å². The molecule has 0 fully saturated rings. The maximum absolute atomic E-state index is 11.4. The van der Waals surface area contributed by atoms with Gasteiger partial charge < -0.3 is 9.88 Å². The SMILES string of the molecule is CCn1cc(NCc2cc(Cl)cs2)ccc1=O. The number of halogens is 1. The normalized spacial score (nSPS) is 10.5. The van der Waals surface area contributed by atoms with E-state index < -0.39 is 0 Å². The number of nitrogens with one attached hydrogen (secondary N) is 1. The average molecular weight is 269 g/mol. The standard InChI is InChI=1S/C12H13ClN2OS/c1-2-15-7-10(3-4-12(15)16)14-6-11-5-9(13)8-17-11/h3-5,7-8,14H,2,6H2,1H3. The van der Waals surface area contributed by atoms with Crippen LogP contribution in [0, 0.1) is 0 Å². The van der Waals surface area contributed by atoms with Crippen molar-refractivity contribution < 1.29 is 0 Å². The Hall–Kier alpha value is -1.26. The van der Waals surface area contributed by atoms with Gasteiger partial charge in [-0.05, 0) is 19.1 Å². The molecule has 2 rings (SSSR count). The molecule has 2 aromatic heterocycles. The van der Waals surface area contributed by atoms with Crippen molar-refractivity contribution in [2.24, 2.45) is 0 Å². The van der Waals surface area contributed by atoms with Gasteiger partial charge in [0.15, 0.2) is 0 Å². The zero-order chi connectivity index (χ0) is 12.3. The third-order valence-corrected chi connectivity index (χ3v) is 3.70. The maximum atomic E-state index is 11.4. The van der Waals surface area contributed by atoms with Gasteiger partial charge in [0.25, 0.3) is 5.56 Å². The fraction of sp³-hybridized carbons (Fsp3) is 0.250. The molecule has 0 amide bonds. The summed E-state index contributed by atoms with van der Waals surface area (Å²) in [4.78, 5) is 12.6. The van der Waals surface area contributed by atoms with Crippen molar-refractivity contribution in [1.82, 2.24) is 4.57 Å². The molecule has 5 heteroatoms. The molecule has 90 valence electrons. The lowest BCUT2D eigenvalue weighted by Gasteiger charge is -2.07. The van der Waals surface area contributed by atoms with E-state index in [1.54, 1.807) is 28.0 Å². The van der Waals surface area contributed by atoms with Gasteiger partial charge in [-0.2, -0.15) is 0 Å². The van der Waals surface area contributed by atoms with E-state index in [4.69, 9.17) is 11.6 Å². The highest BCUT2D eigenvalue weighted by Gasteiger charge is 1.99. The average Bonchev–Trinajstić information content (AvgIpc) is 2.74. The molecule has 0 saturated carbocycles. The highest BCUT2D eigenvalue weighted by atomic mass is 35.5. The number of thiophene rings is 1. The van der Waals surface area contributed by atoms with Gasteiger partial charge in [-0.3, -0.25) is 4.79 Å². The van der Waals surface area contributed by atoms with Gasteiger partial charge in [-0.1, -0.05) is 11.6 Å². The van der Waals surface area contributed by atoms with E-state index >= 15 is 0 Å². The first-order chi connectivity index (χ1) is 8.19. The predicted octanol–water partition coefficient (Wildman–Crippen LogP) is 3.20. The van der Waals surface area contributed by atoms with E-state index in [1.807, 2.05) is 24.6 Å². The number of aryl methyl sites for hydroxylation is 1. The largest absolute Gasteiger partial charge is 0.379 e. The summed E-state index contributed by atoms with van der Waals surface area (Å²) in [7, 11) is 0. The van der Waals surface area contributed by atoms with Crippen molar-refractivity contribution in [2.75, 3.05) is 5.32 Å². The van der Waals surface area contributed by atoms with Gasteiger partial charge in [0, 0.05) is 35.6 Å². The van der Waals surface area contributed by atoms with E-state index in [9.17, 15) is 4.79 Å². The Bertz CT molecular complexity index is 562. The smallest absolute Gasteiger partial charge is 0.250 e. The minimum absolute atomic E-state index is 0.0252. The fourth-order valence-corrected chi connectivity index (χ4v) is 2.53. The van der Waals surface area contributed by atoms with Gasteiger partial charge in [-0.25, -0.2) is 0 Å². The quantitative estimate of drug-likeness (QED) is 0.924. The van der Waals surface area contributed by atoms with Crippen LogP contribution in [0.15, 0.2) is 34.6 Å². The first-order valence-electron chi connectivity index (χ1n) is 5.36. The van der Waals surface area contributed by atoms with Crippen LogP contribution in [0.3, 0.4) is 0 Å². The molecule has 2 heterocycles. The molecule has 0 bridgehead atoms. The number of hydrogen-bond donors (Lipinski definition) is 1. The lowest BCUT2D eigenvalue weighted by molar-refractivity contribution is 0.728. The summed E-state index contributed by atoms with van der Waals surface area (Å²) in [5.74, 6) is 0. The number of nitrogens with zero attached hydrogens (tertiary/aromatic N) is 1. The van der Waals surface area contributed by atoms with E-state index in [2.05, 4.69) is 5.32 Å². The highest BCUT2D eigenvalue weighted by molar-refractivity contribution is 7.10. The summed E-state index contributed by atoms with van der Waals surface area (Å²) in [5.41, 5.74) is 0.966. The predicted molar refractivity (Wildman–Crippen MR) is 73.0 cm³/mol. The number of pyridine rings is 1. The second-order valence-electron chi connectivity index (χ2n) is 3.63. The van der Waals surface area contributed by atoms with Gasteiger partial charge in [0.05, 0.1) is 10.7 Å². The zero-order valence-corrected chi connectivity index (χ0v) is 11.0. The molecule has 17 heavy (non-hydrogen) atoms. The van der Waals surface area contributed by atoms with Crippen molar-refractivity contribution in [1.29, 1.82) is 0 Å². The zero-order valence-electron chi connectivity index (χ0n) is 9.44. The molecule has 0 aliphatic heterocycles. The molecular weight excluding hydrogens is 256 g/mol. The van der Waals surface area contributed by atoms with Gasteiger partial charge in [-0.15, -0.1) is 11.3 Å². The summed E-state index contributed by atoms with van der Waals surface area (Å²) in [6.07, 6.45) is 1.83. The summed E-state index contributed by atoms with van der Waals surface area (Å²) >= 11 is 7.47. The molecule has 0 aliphatic carbocycles. The molecule has 0 spiro atoms. The van der Waals surface area contributed by atoms with Crippen molar-refractivity contribution in [3.05, 3.63) is 50.0 Å². The Kier molecular flexibility index (Phi) is 3.86. The van der Waals surface area contributed by atoms with E-state index in [1.165, 1.54) is 4.88 Å². The summed E-state index contributed by atoms with van der Waals surface area (Å²) < 4.78 is 1.67. The van der Waals surface area contributed by atoms with Gasteiger partial charge in [0.2, 0.25) is 0 Å². The van der Waals surface area contributed by atoms with Crippen LogP contribution in [-0.4, -0.2) is 4.57 Å². The fourth-order valence-electron chi connectivity index (χ4n) is 1.52. The third kappa shape index (κ3) is 3.11. The monoisotopic (exact) mass is 268 g/mol. The molecule has 0 aromatic carbocycles. The van der Waals surface area contributed by atoms with Crippen molar-refractivity contribution in [2.45, 2.75) is 20.0 Å². The highest BCUT2D eigenvalue weighted by Crippen LogP contribution is 2.20. The Morgan fingerprint density at radius 1 is 1.47 bits per heavy atom. The van der Waals surface area contributed by atoms with Crippen molar-refractivity contribution in [3.8, 4) is 0 Å². The number of aromatic nitrogens is 1. The molecule has 0 radical (unpaired) electrons. The molecule has 1 N–H and O–H groups in total. The van der Waals surface area contributed by atoms with Crippen LogP contribution >= 0.6 is 22.9 Å². The van der Waals surface area contributed by atoms with E-state index in [0.717, 1.165) is 17.3 Å². The topological polar surface area (TPSA) is 34.0 Å². The maximum Gasteiger partial charge on any atom is 0.250 e. The molecular formula is C12H13ClN2OS. The number of hydrogen-bond acceptors (Lipinski definition) is 3.